The molecule has 27 heavy (non-hydrogen) atoms. The minimum Gasteiger partial charge on any atom is -0.396 e. The fraction of sp³-hybridized carbons (Fsp3) is 0.684. The van der Waals surface area contributed by atoms with Crippen LogP contribution in [-0.4, -0.2) is 79.2 Å². The number of aliphatic hydroxyl groups is 1. The zero-order valence-electron chi connectivity index (χ0n) is 16.1. The molecule has 1 amide bonds. The topological polar surface area (TPSA) is 86.9 Å². The molecular weight excluding hydrogens is 344 g/mol. The van der Waals surface area contributed by atoms with Gasteiger partial charge in [0.05, 0.1) is 0 Å². The summed E-state index contributed by atoms with van der Waals surface area (Å²) in [5.74, 6) is 1.21. The molecule has 0 aliphatic carbocycles. The second-order valence-electron chi connectivity index (χ2n) is 7.91. The first-order valence-corrected chi connectivity index (χ1v) is 9.90. The van der Waals surface area contributed by atoms with E-state index in [0.717, 1.165) is 63.3 Å². The highest BCUT2D eigenvalue weighted by Gasteiger charge is 2.32. The first-order valence-electron chi connectivity index (χ1n) is 9.90. The number of carbonyl (C=O) groups excluding carboxylic acids is 1. The molecule has 2 aliphatic heterocycles. The van der Waals surface area contributed by atoms with Gasteiger partial charge in [-0.1, -0.05) is 0 Å². The normalized spacial score (nSPS) is 22.5. The van der Waals surface area contributed by atoms with Gasteiger partial charge in [-0.05, 0) is 64.6 Å². The standard InChI is InChI=1S/C19H28N6O2/c1-13-10-14(2)25-17(21-22-19(25)20-13)18(27)24-7-3-4-16(11-24)23-8-5-15(12-26)6-9-23/h10,15-16,26H,3-9,11-12H2,1-2H3/t16-/m1/s1. The van der Waals surface area contributed by atoms with Crippen LogP contribution in [0, 0.1) is 19.8 Å². The summed E-state index contributed by atoms with van der Waals surface area (Å²) in [5, 5.41) is 17.6. The molecule has 146 valence electrons. The van der Waals surface area contributed by atoms with Crippen molar-refractivity contribution in [2.45, 2.75) is 45.6 Å². The van der Waals surface area contributed by atoms with Crippen molar-refractivity contribution < 1.29 is 9.90 Å². The van der Waals surface area contributed by atoms with Crippen molar-refractivity contribution in [1.82, 2.24) is 29.4 Å². The number of nitrogens with zero attached hydrogens (tertiary/aromatic N) is 6. The van der Waals surface area contributed by atoms with Crippen LogP contribution in [0.1, 0.15) is 47.7 Å². The Kier molecular flexibility index (Phi) is 5.10. The summed E-state index contributed by atoms with van der Waals surface area (Å²) in [6.45, 7) is 7.66. The van der Waals surface area contributed by atoms with Gasteiger partial charge >= 0.3 is 0 Å². The molecule has 0 spiro atoms. The molecule has 8 heteroatoms. The van der Waals surface area contributed by atoms with Gasteiger partial charge in [-0.3, -0.25) is 14.1 Å². The van der Waals surface area contributed by atoms with Crippen molar-refractivity contribution in [1.29, 1.82) is 0 Å². The Hall–Kier alpha value is -2.06. The van der Waals surface area contributed by atoms with Crippen LogP contribution in [0.25, 0.3) is 5.78 Å². The van der Waals surface area contributed by atoms with Gasteiger partial charge in [-0.15, -0.1) is 10.2 Å². The van der Waals surface area contributed by atoms with Gasteiger partial charge in [0.25, 0.3) is 11.7 Å². The number of hydrogen-bond acceptors (Lipinski definition) is 6. The Labute approximate surface area is 159 Å². The Balaban J connectivity index is 1.49. The van der Waals surface area contributed by atoms with Crippen LogP contribution in [-0.2, 0) is 0 Å². The molecular formula is C19H28N6O2. The molecule has 0 saturated carbocycles. The third-order valence-electron chi connectivity index (χ3n) is 5.99. The summed E-state index contributed by atoms with van der Waals surface area (Å²) < 4.78 is 1.76. The van der Waals surface area contributed by atoms with Crippen LogP contribution in [0.2, 0.25) is 0 Å². The molecule has 4 heterocycles. The highest BCUT2D eigenvalue weighted by atomic mass is 16.3. The van der Waals surface area contributed by atoms with E-state index in [9.17, 15) is 9.90 Å². The lowest BCUT2D eigenvalue weighted by molar-refractivity contribution is 0.0437. The van der Waals surface area contributed by atoms with Crippen molar-refractivity contribution in [2.24, 2.45) is 5.92 Å². The number of hydrogen-bond donors (Lipinski definition) is 1. The van der Waals surface area contributed by atoms with E-state index in [0.29, 0.717) is 23.6 Å². The molecule has 2 aromatic heterocycles. The fourth-order valence-electron chi connectivity index (χ4n) is 4.45. The third-order valence-corrected chi connectivity index (χ3v) is 5.99. The van der Waals surface area contributed by atoms with Crippen LogP contribution < -0.4 is 0 Å². The number of rotatable bonds is 3. The van der Waals surface area contributed by atoms with Crippen molar-refractivity contribution in [2.75, 3.05) is 32.8 Å². The number of aryl methyl sites for hydroxylation is 2. The monoisotopic (exact) mass is 372 g/mol. The Morgan fingerprint density at radius 3 is 2.70 bits per heavy atom. The summed E-state index contributed by atoms with van der Waals surface area (Å²) >= 11 is 0. The van der Waals surface area contributed by atoms with Gasteiger partial charge < -0.3 is 10.0 Å². The molecule has 2 aliphatic rings. The zero-order chi connectivity index (χ0) is 19.0. The number of aromatic nitrogens is 4. The highest BCUT2D eigenvalue weighted by molar-refractivity contribution is 5.91. The average Bonchev–Trinajstić information content (AvgIpc) is 3.11. The van der Waals surface area contributed by atoms with E-state index in [4.69, 9.17) is 0 Å². The van der Waals surface area contributed by atoms with E-state index in [1.807, 2.05) is 24.8 Å². The van der Waals surface area contributed by atoms with Gasteiger partial charge in [0.2, 0.25) is 5.82 Å². The summed E-state index contributed by atoms with van der Waals surface area (Å²) in [6.07, 6.45) is 4.21. The van der Waals surface area contributed by atoms with Crippen molar-refractivity contribution in [3.63, 3.8) is 0 Å². The molecule has 8 nitrogen and oxygen atoms in total. The minimum atomic E-state index is -0.0637. The molecule has 4 rings (SSSR count). The quantitative estimate of drug-likeness (QED) is 0.867. The SMILES string of the molecule is Cc1cc(C)n2c(C(=O)N3CCC[C@@H](N4CCC(CO)CC4)C3)nnc2n1. The predicted octanol–water partition coefficient (Wildman–Crippen LogP) is 1.05. The van der Waals surface area contributed by atoms with E-state index in [1.54, 1.807) is 4.40 Å². The number of piperidine rings is 2. The molecule has 1 N–H and O–H groups in total. The van der Waals surface area contributed by atoms with E-state index >= 15 is 0 Å². The van der Waals surface area contributed by atoms with Gasteiger partial charge in [0.1, 0.15) is 0 Å². The third kappa shape index (κ3) is 3.55. The molecule has 0 bridgehead atoms. The first kappa shape index (κ1) is 18.3. The fourth-order valence-corrected chi connectivity index (χ4v) is 4.45. The van der Waals surface area contributed by atoms with Gasteiger partial charge in [0.15, 0.2) is 0 Å². The Morgan fingerprint density at radius 1 is 1.19 bits per heavy atom. The number of aliphatic hydroxyl groups excluding tert-OH is 1. The highest BCUT2D eigenvalue weighted by Crippen LogP contribution is 2.24. The van der Waals surface area contributed by atoms with Crippen LogP contribution >= 0.6 is 0 Å². The van der Waals surface area contributed by atoms with E-state index in [-0.39, 0.29) is 12.5 Å². The number of amides is 1. The molecule has 0 radical (unpaired) electrons. The molecule has 1 atom stereocenters. The van der Waals surface area contributed by atoms with E-state index in [1.165, 1.54) is 0 Å². The Bertz CT molecular complexity index is 827. The Morgan fingerprint density at radius 2 is 1.96 bits per heavy atom. The maximum Gasteiger partial charge on any atom is 0.292 e. The maximum atomic E-state index is 13.2. The van der Waals surface area contributed by atoms with Crippen molar-refractivity contribution in [3.8, 4) is 0 Å². The second-order valence-corrected chi connectivity index (χ2v) is 7.91. The number of fused-ring (bicyclic) bond motifs is 1. The number of likely N-dealkylation sites (tertiary alicyclic amines) is 2. The second kappa shape index (κ2) is 7.52. The van der Waals surface area contributed by atoms with Crippen LogP contribution in [0.4, 0.5) is 0 Å². The van der Waals surface area contributed by atoms with Crippen LogP contribution in [0.15, 0.2) is 6.07 Å². The lowest BCUT2D eigenvalue weighted by Gasteiger charge is -2.42. The van der Waals surface area contributed by atoms with Crippen LogP contribution in [0.5, 0.6) is 0 Å². The van der Waals surface area contributed by atoms with Gasteiger partial charge in [-0.2, -0.15) is 0 Å². The average molecular weight is 372 g/mol. The van der Waals surface area contributed by atoms with Crippen molar-refractivity contribution >= 4 is 11.7 Å². The van der Waals surface area contributed by atoms with Crippen molar-refractivity contribution in [3.05, 3.63) is 23.3 Å². The molecule has 0 aromatic carbocycles. The van der Waals surface area contributed by atoms with Gasteiger partial charge in [-0.25, -0.2) is 4.98 Å². The summed E-state index contributed by atoms with van der Waals surface area (Å²) in [6, 6.07) is 2.33. The zero-order valence-corrected chi connectivity index (χ0v) is 16.1. The number of carbonyl (C=O) groups is 1. The van der Waals surface area contributed by atoms with E-state index < -0.39 is 0 Å². The predicted molar refractivity (Wildman–Crippen MR) is 101 cm³/mol. The largest absolute Gasteiger partial charge is 0.396 e. The summed E-state index contributed by atoms with van der Waals surface area (Å²) in [7, 11) is 0. The molecule has 2 aromatic rings. The smallest absolute Gasteiger partial charge is 0.292 e. The molecule has 2 saturated heterocycles. The maximum absolute atomic E-state index is 13.2. The lowest BCUT2D eigenvalue weighted by atomic mass is 9.94. The summed E-state index contributed by atoms with van der Waals surface area (Å²) in [4.78, 5) is 21.9. The first-order chi connectivity index (χ1) is 13.1. The minimum absolute atomic E-state index is 0.0637. The van der Waals surface area contributed by atoms with E-state index in [2.05, 4.69) is 20.1 Å². The van der Waals surface area contributed by atoms with Gasteiger partial charge in [0, 0.05) is 37.1 Å². The summed E-state index contributed by atoms with van der Waals surface area (Å²) in [5.41, 5.74) is 1.79. The lowest BCUT2D eigenvalue weighted by Crippen LogP contribution is -2.52. The molecule has 2 fully saturated rings. The molecule has 0 unspecified atom stereocenters. The van der Waals surface area contributed by atoms with Crippen LogP contribution in [0.3, 0.4) is 0 Å².